The Hall–Kier alpha value is 0.01000. The fourth-order valence-corrected chi connectivity index (χ4v) is 1.07. The molecular weight excluding hydrogens is 134 g/mol. The second-order valence-corrected chi connectivity index (χ2v) is 2.74. The third-order valence-electron chi connectivity index (χ3n) is 0.787. The Morgan fingerprint density at radius 1 is 1.67 bits per heavy atom. The fourth-order valence-electron chi connectivity index (χ4n) is 0.411. The van der Waals surface area contributed by atoms with Gasteiger partial charge in [-0.2, -0.15) is 11.8 Å². The van der Waals surface area contributed by atoms with E-state index in [-0.39, 0.29) is 0 Å². The molecule has 0 aliphatic carbocycles. The van der Waals surface area contributed by atoms with Crippen LogP contribution in [0.4, 0.5) is 0 Å². The highest BCUT2D eigenvalue weighted by molar-refractivity contribution is 7.99. The van der Waals surface area contributed by atoms with Crippen LogP contribution in [0.5, 0.6) is 0 Å². The van der Waals surface area contributed by atoms with Crippen molar-refractivity contribution in [2.75, 3.05) is 18.1 Å². The Bertz CT molecular complexity index is 68.1. The Balaban J connectivity index is 2.66. The van der Waals surface area contributed by atoms with Crippen molar-refractivity contribution in [3.05, 3.63) is 12.7 Å². The molecule has 0 rings (SSSR count). The van der Waals surface area contributed by atoms with E-state index in [2.05, 4.69) is 11.4 Å². The predicted molar refractivity (Wildman–Crippen MR) is 42.3 cm³/mol. The molecule has 0 radical (unpaired) electrons. The van der Waals surface area contributed by atoms with Crippen LogP contribution < -0.4 is 5.90 Å². The van der Waals surface area contributed by atoms with Gasteiger partial charge >= 0.3 is 0 Å². The first kappa shape index (κ1) is 9.01. The van der Waals surface area contributed by atoms with Crippen molar-refractivity contribution in [1.29, 1.82) is 0 Å². The van der Waals surface area contributed by atoms with E-state index in [4.69, 9.17) is 5.90 Å². The number of hydrogen-bond acceptors (Lipinski definition) is 3. The number of nitrogens with two attached hydrogens (primary N) is 1. The van der Waals surface area contributed by atoms with Crippen molar-refractivity contribution in [2.45, 2.75) is 6.42 Å². The summed E-state index contributed by atoms with van der Waals surface area (Å²) in [4.78, 5) is 4.38. The monoisotopic (exact) mass is 147 g/mol. The van der Waals surface area contributed by atoms with Gasteiger partial charge < -0.3 is 4.84 Å². The predicted octanol–water partition coefficient (Wildman–Crippen LogP) is 1.19. The normalized spacial score (nSPS) is 9.44. The fraction of sp³-hybridized carbons (Fsp3) is 0.667. The number of hydrogen-bond donors (Lipinski definition) is 1. The van der Waals surface area contributed by atoms with Crippen molar-refractivity contribution in [2.24, 2.45) is 5.90 Å². The maximum atomic E-state index is 4.81. The van der Waals surface area contributed by atoms with Gasteiger partial charge in [-0.1, -0.05) is 6.08 Å². The molecule has 0 aliphatic heterocycles. The van der Waals surface area contributed by atoms with E-state index in [9.17, 15) is 0 Å². The van der Waals surface area contributed by atoms with Crippen LogP contribution in [0.1, 0.15) is 6.42 Å². The van der Waals surface area contributed by atoms with Crippen molar-refractivity contribution in [3.8, 4) is 0 Å². The zero-order valence-corrected chi connectivity index (χ0v) is 6.32. The van der Waals surface area contributed by atoms with Crippen LogP contribution in [0.3, 0.4) is 0 Å². The standard InChI is InChI=1S/C6H13NOS/c1-2-5-9-6-3-4-8-7/h2H,1,3-7H2. The van der Waals surface area contributed by atoms with Crippen molar-refractivity contribution < 1.29 is 4.84 Å². The lowest BCUT2D eigenvalue weighted by Gasteiger charge is -1.95. The lowest BCUT2D eigenvalue weighted by molar-refractivity contribution is 0.139. The van der Waals surface area contributed by atoms with Crippen LogP contribution in [-0.4, -0.2) is 18.1 Å². The van der Waals surface area contributed by atoms with Gasteiger partial charge in [0.05, 0.1) is 6.61 Å². The minimum Gasteiger partial charge on any atom is -0.305 e. The molecule has 0 saturated heterocycles. The quantitative estimate of drug-likeness (QED) is 0.348. The first-order valence-electron chi connectivity index (χ1n) is 2.92. The molecule has 9 heavy (non-hydrogen) atoms. The van der Waals surface area contributed by atoms with Crippen LogP contribution in [-0.2, 0) is 4.84 Å². The van der Waals surface area contributed by atoms with Crippen LogP contribution in [0.15, 0.2) is 12.7 Å². The van der Waals surface area contributed by atoms with Gasteiger partial charge in [-0.3, -0.25) is 0 Å². The lowest BCUT2D eigenvalue weighted by atomic mass is 10.5. The molecular formula is C6H13NOS. The van der Waals surface area contributed by atoms with Gasteiger partial charge in [0.25, 0.3) is 0 Å². The Morgan fingerprint density at radius 3 is 3.00 bits per heavy atom. The molecule has 3 heteroatoms. The van der Waals surface area contributed by atoms with Gasteiger partial charge in [-0.15, -0.1) is 6.58 Å². The van der Waals surface area contributed by atoms with Gasteiger partial charge in [0.1, 0.15) is 0 Å². The first-order chi connectivity index (χ1) is 4.41. The van der Waals surface area contributed by atoms with E-state index >= 15 is 0 Å². The number of thioether (sulfide) groups is 1. The van der Waals surface area contributed by atoms with Gasteiger partial charge in [0.15, 0.2) is 0 Å². The van der Waals surface area contributed by atoms with E-state index in [1.165, 1.54) is 0 Å². The molecule has 0 spiro atoms. The molecule has 0 bridgehead atoms. The number of rotatable bonds is 6. The summed E-state index contributed by atoms with van der Waals surface area (Å²) in [5.41, 5.74) is 0. The topological polar surface area (TPSA) is 35.2 Å². The second kappa shape index (κ2) is 8.01. The van der Waals surface area contributed by atoms with Crippen molar-refractivity contribution >= 4 is 11.8 Å². The minimum atomic E-state index is 0.657. The summed E-state index contributed by atoms with van der Waals surface area (Å²) < 4.78 is 0. The summed E-state index contributed by atoms with van der Waals surface area (Å²) in [5, 5.41) is 0. The van der Waals surface area contributed by atoms with Crippen molar-refractivity contribution in [3.63, 3.8) is 0 Å². The SMILES string of the molecule is C=CCSCCCON. The highest BCUT2D eigenvalue weighted by Crippen LogP contribution is 2.00. The molecule has 0 unspecified atom stereocenters. The van der Waals surface area contributed by atoms with Crippen molar-refractivity contribution in [1.82, 2.24) is 0 Å². The van der Waals surface area contributed by atoms with Gasteiger partial charge in [-0.25, -0.2) is 5.90 Å². The summed E-state index contributed by atoms with van der Waals surface area (Å²) >= 11 is 1.84. The molecule has 0 aliphatic rings. The average Bonchev–Trinajstić information content (AvgIpc) is 1.89. The van der Waals surface area contributed by atoms with E-state index < -0.39 is 0 Å². The van der Waals surface area contributed by atoms with E-state index in [0.29, 0.717) is 6.61 Å². The van der Waals surface area contributed by atoms with Crippen LogP contribution in [0.25, 0.3) is 0 Å². The zero-order chi connectivity index (χ0) is 6.95. The second-order valence-electron chi connectivity index (χ2n) is 1.59. The Kier molecular flexibility index (Phi) is 8.02. The van der Waals surface area contributed by atoms with E-state index in [1.807, 2.05) is 17.8 Å². The zero-order valence-electron chi connectivity index (χ0n) is 5.51. The Labute approximate surface area is 60.4 Å². The molecule has 0 amide bonds. The third kappa shape index (κ3) is 8.01. The summed E-state index contributed by atoms with van der Waals surface area (Å²) in [5.74, 6) is 6.93. The maximum absolute atomic E-state index is 4.81. The first-order valence-corrected chi connectivity index (χ1v) is 4.07. The molecule has 0 aromatic carbocycles. The van der Waals surface area contributed by atoms with Crippen LogP contribution in [0.2, 0.25) is 0 Å². The summed E-state index contributed by atoms with van der Waals surface area (Å²) in [6, 6.07) is 0. The average molecular weight is 147 g/mol. The molecule has 2 N–H and O–H groups in total. The Morgan fingerprint density at radius 2 is 2.44 bits per heavy atom. The van der Waals surface area contributed by atoms with Crippen LogP contribution >= 0.6 is 11.8 Å². The molecule has 54 valence electrons. The largest absolute Gasteiger partial charge is 0.305 e. The lowest BCUT2D eigenvalue weighted by Crippen LogP contribution is -2.01. The highest BCUT2D eigenvalue weighted by atomic mass is 32.2. The van der Waals surface area contributed by atoms with Gasteiger partial charge in [0, 0.05) is 5.75 Å². The molecule has 0 aromatic rings. The molecule has 2 nitrogen and oxygen atoms in total. The minimum absolute atomic E-state index is 0.657. The van der Waals surface area contributed by atoms with Crippen LogP contribution in [0, 0.1) is 0 Å². The van der Waals surface area contributed by atoms with E-state index in [0.717, 1.165) is 17.9 Å². The smallest absolute Gasteiger partial charge is 0.0687 e. The summed E-state index contributed by atoms with van der Waals surface area (Å²) in [7, 11) is 0. The molecule has 0 saturated carbocycles. The van der Waals surface area contributed by atoms with E-state index in [1.54, 1.807) is 0 Å². The molecule has 0 heterocycles. The molecule has 0 fully saturated rings. The summed E-state index contributed by atoms with van der Waals surface area (Å²) in [6.07, 6.45) is 2.92. The third-order valence-corrected chi connectivity index (χ3v) is 1.84. The molecule has 0 atom stereocenters. The van der Waals surface area contributed by atoms with Gasteiger partial charge in [0.2, 0.25) is 0 Å². The van der Waals surface area contributed by atoms with Gasteiger partial charge in [-0.05, 0) is 12.2 Å². The maximum Gasteiger partial charge on any atom is 0.0687 e. The summed E-state index contributed by atoms with van der Waals surface area (Å²) in [6.45, 7) is 4.26. The molecule has 0 aromatic heterocycles. The highest BCUT2D eigenvalue weighted by Gasteiger charge is 1.84.